The Morgan fingerprint density at radius 3 is 2.85 bits per heavy atom. The SMILES string of the molecule is CCOC1(C(O)CCCC2CCCO2)CCCC(C)C1. The van der Waals surface area contributed by atoms with Gasteiger partial charge >= 0.3 is 0 Å². The van der Waals surface area contributed by atoms with E-state index in [0.29, 0.717) is 18.6 Å². The van der Waals surface area contributed by atoms with Gasteiger partial charge in [-0.3, -0.25) is 0 Å². The Balaban J connectivity index is 1.81. The van der Waals surface area contributed by atoms with Crippen LogP contribution in [-0.2, 0) is 9.47 Å². The minimum atomic E-state index is -0.313. The molecule has 0 bridgehead atoms. The minimum absolute atomic E-state index is 0.275. The van der Waals surface area contributed by atoms with Crippen molar-refractivity contribution in [2.75, 3.05) is 13.2 Å². The molecule has 0 aromatic carbocycles. The zero-order valence-electron chi connectivity index (χ0n) is 13.3. The molecule has 1 aliphatic carbocycles. The Kier molecular flexibility index (Phi) is 6.31. The number of hydrogen-bond acceptors (Lipinski definition) is 3. The zero-order valence-corrected chi connectivity index (χ0v) is 13.3. The molecule has 1 N–H and O–H groups in total. The summed E-state index contributed by atoms with van der Waals surface area (Å²) >= 11 is 0. The molecule has 1 heterocycles. The monoisotopic (exact) mass is 284 g/mol. The third-order valence-electron chi connectivity index (χ3n) is 5.06. The number of ether oxygens (including phenoxy) is 2. The van der Waals surface area contributed by atoms with E-state index in [1.807, 2.05) is 6.92 Å². The van der Waals surface area contributed by atoms with Crippen LogP contribution in [0.25, 0.3) is 0 Å². The topological polar surface area (TPSA) is 38.7 Å². The molecule has 2 fully saturated rings. The van der Waals surface area contributed by atoms with Crippen LogP contribution in [0.1, 0.15) is 71.6 Å². The lowest BCUT2D eigenvalue weighted by molar-refractivity contribution is -0.150. The lowest BCUT2D eigenvalue weighted by Crippen LogP contribution is -2.48. The van der Waals surface area contributed by atoms with E-state index in [-0.39, 0.29) is 11.7 Å². The average Bonchev–Trinajstić information content (AvgIpc) is 2.92. The molecule has 3 nitrogen and oxygen atoms in total. The van der Waals surface area contributed by atoms with Gasteiger partial charge in [0.2, 0.25) is 0 Å². The van der Waals surface area contributed by atoms with Gasteiger partial charge in [0, 0.05) is 13.2 Å². The maximum atomic E-state index is 10.7. The van der Waals surface area contributed by atoms with Crippen molar-refractivity contribution in [3.05, 3.63) is 0 Å². The molecule has 20 heavy (non-hydrogen) atoms. The van der Waals surface area contributed by atoms with E-state index in [4.69, 9.17) is 9.47 Å². The molecule has 0 amide bonds. The van der Waals surface area contributed by atoms with Crippen LogP contribution in [-0.4, -0.2) is 36.1 Å². The molecule has 0 aromatic rings. The first-order chi connectivity index (χ1) is 9.66. The highest BCUT2D eigenvalue weighted by atomic mass is 16.5. The third kappa shape index (κ3) is 4.19. The molecule has 1 aliphatic heterocycles. The van der Waals surface area contributed by atoms with E-state index in [1.54, 1.807) is 0 Å². The van der Waals surface area contributed by atoms with Crippen molar-refractivity contribution in [3.8, 4) is 0 Å². The van der Waals surface area contributed by atoms with E-state index in [9.17, 15) is 5.11 Å². The molecule has 2 aliphatic rings. The molecule has 2 rings (SSSR count). The molecular formula is C17H32O3. The number of aliphatic hydroxyl groups is 1. The van der Waals surface area contributed by atoms with Crippen molar-refractivity contribution in [3.63, 3.8) is 0 Å². The van der Waals surface area contributed by atoms with E-state index in [0.717, 1.165) is 38.7 Å². The summed E-state index contributed by atoms with van der Waals surface area (Å²) < 4.78 is 11.7. The van der Waals surface area contributed by atoms with Gasteiger partial charge in [-0.25, -0.2) is 0 Å². The summed E-state index contributed by atoms with van der Waals surface area (Å²) in [4.78, 5) is 0. The van der Waals surface area contributed by atoms with Crippen LogP contribution in [0, 0.1) is 5.92 Å². The summed E-state index contributed by atoms with van der Waals surface area (Å²) in [5.74, 6) is 0.670. The molecule has 0 aromatic heterocycles. The maximum absolute atomic E-state index is 10.7. The zero-order chi connectivity index (χ0) is 14.4. The van der Waals surface area contributed by atoms with E-state index < -0.39 is 0 Å². The minimum Gasteiger partial charge on any atom is -0.390 e. The summed E-state index contributed by atoms with van der Waals surface area (Å²) in [7, 11) is 0. The van der Waals surface area contributed by atoms with Gasteiger partial charge in [-0.05, 0) is 57.8 Å². The fourth-order valence-electron chi connectivity index (χ4n) is 4.04. The summed E-state index contributed by atoms with van der Waals surface area (Å²) in [6, 6.07) is 0. The summed E-state index contributed by atoms with van der Waals surface area (Å²) in [5.41, 5.74) is -0.275. The molecular weight excluding hydrogens is 252 g/mol. The quantitative estimate of drug-likeness (QED) is 0.775. The number of aliphatic hydroxyl groups excluding tert-OH is 1. The highest BCUT2D eigenvalue weighted by Crippen LogP contribution is 2.39. The van der Waals surface area contributed by atoms with Crippen molar-refractivity contribution in [1.82, 2.24) is 0 Å². The molecule has 118 valence electrons. The smallest absolute Gasteiger partial charge is 0.0942 e. The van der Waals surface area contributed by atoms with Crippen molar-refractivity contribution < 1.29 is 14.6 Å². The summed E-state index contributed by atoms with van der Waals surface area (Å²) in [6.45, 7) is 5.95. The Bertz CT molecular complexity index is 271. The van der Waals surface area contributed by atoms with Crippen molar-refractivity contribution in [1.29, 1.82) is 0 Å². The molecule has 4 atom stereocenters. The van der Waals surface area contributed by atoms with Gasteiger partial charge in [0.05, 0.1) is 17.8 Å². The largest absolute Gasteiger partial charge is 0.390 e. The Labute approximate surface area is 124 Å². The van der Waals surface area contributed by atoms with Gasteiger partial charge in [0.25, 0.3) is 0 Å². The van der Waals surface area contributed by atoms with E-state index in [2.05, 4.69) is 6.92 Å². The van der Waals surface area contributed by atoms with Crippen LogP contribution in [0.15, 0.2) is 0 Å². The Morgan fingerprint density at radius 2 is 2.20 bits per heavy atom. The fourth-order valence-corrected chi connectivity index (χ4v) is 4.04. The van der Waals surface area contributed by atoms with Gasteiger partial charge < -0.3 is 14.6 Å². The first-order valence-corrected chi connectivity index (χ1v) is 8.60. The van der Waals surface area contributed by atoms with Gasteiger partial charge in [-0.1, -0.05) is 19.8 Å². The molecule has 0 spiro atoms. The van der Waals surface area contributed by atoms with Gasteiger partial charge in [-0.15, -0.1) is 0 Å². The normalized spacial score (nSPS) is 36.1. The standard InChI is InChI=1S/C17H32O3/c1-3-20-17(11-5-7-14(2)13-17)16(18)10-4-8-15-9-6-12-19-15/h14-16,18H,3-13H2,1-2H3. The fraction of sp³-hybridized carbons (Fsp3) is 1.00. The van der Waals surface area contributed by atoms with Crippen molar-refractivity contribution in [2.45, 2.75) is 89.4 Å². The average molecular weight is 284 g/mol. The van der Waals surface area contributed by atoms with E-state index >= 15 is 0 Å². The molecule has 4 unspecified atom stereocenters. The molecule has 3 heteroatoms. The van der Waals surface area contributed by atoms with Crippen LogP contribution in [0.2, 0.25) is 0 Å². The second-order valence-corrected chi connectivity index (χ2v) is 6.78. The summed E-state index contributed by atoms with van der Waals surface area (Å²) in [5, 5.41) is 10.7. The second-order valence-electron chi connectivity index (χ2n) is 6.78. The first-order valence-electron chi connectivity index (χ1n) is 8.60. The van der Waals surface area contributed by atoms with E-state index in [1.165, 1.54) is 25.7 Å². The number of rotatable bonds is 7. The lowest BCUT2D eigenvalue weighted by atomic mass is 9.74. The molecule has 1 saturated carbocycles. The van der Waals surface area contributed by atoms with Crippen LogP contribution < -0.4 is 0 Å². The van der Waals surface area contributed by atoms with Crippen molar-refractivity contribution >= 4 is 0 Å². The second kappa shape index (κ2) is 7.77. The van der Waals surface area contributed by atoms with Gasteiger partial charge in [0.1, 0.15) is 0 Å². The van der Waals surface area contributed by atoms with Crippen LogP contribution in [0.5, 0.6) is 0 Å². The lowest BCUT2D eigenvalue weighted by Gasteiger charge is -2.43. The Hall–Kier alpha value is -0.120. The maximum Gasteiger partial charge on any atom is 0.0942 e. The number of hydrogen-bond donors (Lipinski definition) is 1. The molecule has 0 radical (unpaired) electrons. The molecule has 1 saturated heterocycles. The van der Waals surface area contributed by atoms with Gasteiger partial charge in [0.15, 0.2) is 0 Å². The van der Waals surface area contributed by atoms with Crippen LogP contribution in [0.4, 0.5) is 0 Å². The van der Waals surface area contributed by atoms with Gasteiger partial charge in [-0.2, -0.15) is 0 Å². The predicted molar refractivity (Wildman–Crippen MR) is 80.8 cm³/mol. The highest BCUT2D eigenvalue weighted by Gasteiger charge is 2.41. The summed E-state index contributed by atoms with van der Waals surface area (Å²) in [6.07, 6.45) is 10.0. The Morgan fingerprint density at radius 1 is 1.35 bits per heavy atom. The highest BCUT2D eigenvalue weighted by molar-refractivity contribution is 4.93. The van der Waals surface area contributed by atoms with Crippen LogP contribution in [0.3, 0.4) is 0 Å². The van der Waals surface area contributed by atoms with Crippen molar-refractivity contribution in [2.24, 2.45) is 5.92 Å². The van der Waals surface area contributed by atoms with Crippen LogP contribution >= 0.6 is 0 Å². The first kappa shape index (κ1) is 16.3. The third-order valence-corrected chi connectivity index (χ3v) is 5.06. The predicted octanol–water partition coefficient (Wildman–Crippen LogP) is 3.68.